The monoisotopic (exact) mass is 521 g/mol. The fraction of sp³-hybridized carbons (Fsp3) is 0.455. The molecule has 1 aliphatic heterocycles. The van der Waals surface area contributed by atoms with Crippen LogP contribution in [0.3, 0.4) is 0 Å². The number of anilines is 1. The van der Waals surface area contributed by atoms with Gasteiger partial charge in [-0.2, -0.15) is 15.1 Å². The van der Waals surface area contributed by atoms with Crippen molar-refractivity contribution >= 4 is 42.0 Å². The molecule has 1 fully saturated rings. The van der Waals surface area contributed by atoms with Crippen LogP contribution in [-0.2, 0) is 25.3 Å². The lowest BCUT2D eigenvalue weighted by atomic mass is 10.1. The number of carbonyl (C=O) groups excluding carboxylic acids is 1. The molecule has 0 amide bonds. The first-order valence-electron chi connectivity index (χ1n) is 11.3. The summed E-state index contributed by atoms with van der Waals surface area (Å²) in [5.74, 6) is -0.274. The molecule has 1 saturated heterocycles. The van der Waals surface area contributed by atoms with Crippen molar-refractivity contribution < 1.29 is 28.6 Å². The highest BCUT2D eigenvalue weighted by atomic mass is 35.5. The van der Waals surface area contributed by atoms with E-state index in [1.54, 1.807) is 10.9 Å². The third kappa shape index (κ3) is 5.05. The number of fused-ring (bicyclic) bond motifs is 2. The molecule has 186 valence electrons. The molecule has 0 bridgehead atoms. The molecule has 3 atom stereocenters. The minimum Gasteiger partial charge on any atom is -0.462 e. The van der Waals surface area contributed by atoms with Crippen molar-refractivity contribution in [2.45, 2.75) is 44.1 Å². The maximum Gasteiger partial charge on any atom is 0.336 e. The molecule has 2 N–H and O–H groups in total. The quantitative estimate of drug-likeness (QED) is 0.271. The van der Waals surface area contributed by atoms with Gasteiger partial charge in [-0.1, -0.05) is 24.3 Å². The molecule has 1 aliphatic carbocycles. The van der Waals surface area contributed by atoms with Gasteiger partial charge in [-0.25, -0.2) is 4.68 Å². The van der Waals surface area contributed by atoms with Gasteiger partial charge in [-0.05, 0) is 48.4 Å². The van der Waals surface area contributed by atoms with Crippen LogP contribution >= 0.6 is 19.2 Å². The van der Waals surface area contributed by atoms with Crippen LogP contribution in [0.5, 0.6) is 0 Å². The Labute approximate surface area is 206 Å². The Balaban J connectivity index is 1.33. The molecule has 35 heavy (non-hydrogen) atoms. The zero-order valence-corrected chi connectivity index (χ0v) is 20.6. The second-order valence-electron chi connectivity index (χ2n) is 8.80. The average Bonchev–Trinajstić information content (AvgIpc) is 3.53. The van der Waals surface area contributed by atoms with Crippen molar-refractivity contribution in [3.8, 4) is 0 Å². The van der Waals surface area contributed by atoms with Crippen LogP contribution in [0.25, 0.3) is 11.0 Å². The zero-order chi connectivity index (χ0) is 24.7. The van der Waals surface area contributed by atoms with Crippen molar-refractivity contribution in [1.29, 1.82) is 0 Å². The molecule has 3 heterocycles. The second kappa shape index (κ2) is 9.48. The van der Waals surface area contributed by atoms with Gasteiger partial charge < -0.3 is 24.2 Å². The molecule has 0 spiro atoms. The molecular formula is C22H25ClN5O6P. The van der Waals surface area contributed by atoms with E-state index in [1.165, 1.54) is 11.1 Å². The first kappa shape index (κ1) is 24.1. The SMILES string of the molecule is CN(c1nc(Cl)nc2c1cnn2[C@H]1CC[C@@H](COC(=O)CP(=O)(O)O)O1)[C@H]1CCc2ccccc21. The topological polar surface area (TPSA) is 140 Å². The predicted octanol–water partition coefficient (Wildman–Crippen LogP) is 3.00. The summed E-state index contributed by atoms with van der Waals surface area (Å²) in [6, 6.07) is 8.56. The summed E-state index contributed by atoms with van der Waals surface area (Å²) in [6.07, 6.45) is 3.03. The summed E-state index contributed by atoms with van der Waals surface area (Å²) in [7, 11) is -2.47. The molecule has 13 heteroatoms. The standard InChI is InChI=1S/C22H25ClN5O6P/c1-27(17-8-6-13-4-2-3-5-15(13)17)20-16-10-24-28(21(16)26-22(23)25-20)18-9-7-14(34-18)11-33-19(29)12-35(30,31)32/h2-5,10,14,17-18H,6-9,11-12H2,1H3,(H2,30,31,32)/t14-,17-,18+/m0/s1. The number of hydrogen-bond acceptors (Lipinski definition) is 8. The number of hydrogen-bond donors (Lipinski definition) is 2. The van der Waals surface area contributed by atoms with Gasteiger partial charge in [-0.3, -0.25) is 9.36 Å². The Morgan fingerprint density at radius 2 is 2.09 bits per heavy atom. The van der Waals surface area contributed by atoms with Gasteiger partial charge in [0.1, 0.15) is 18.6 Å². The van der Waals surface area contributed by atoms with Crippen LogP contribution in [0.2, 0.25) is 5.28 Å². The molecule has 2 aromatic heterocycles. The maximum atomic E-state index is 11.6. The molecule has 0 radical (unpaired) electrons. The third-order valence-corrected chi connectivity index (χ3v) is 7.27. The fourth-order valence-electron chi connectivity index (χ4n) is 4.84. The Bertz CT molecular complexity index is 1310. The molecule has 0 unspecified atom stereocenters. The summed E-state index contributed by atoms with van der Waals surface area (Å²) in [6.45, 7) is -0.0979. The number of halogens is 1. The average molecular weight is 522 g/mol. The Kier molecular flexibility index (Phi) is 6.54. The first-order valence-corrected chi connectivity index (χ1v) is 13.4. The molecular weight excluding hydrogens is 497 g/mol. The summed E-state index contributed by atoms with van der Waals surface area (Å²) in [4.78, 5) is 40.4. The largest absolute Gasteiger partial charge is 0.462 e. The summed E-state index contributed by atoms with van der Waals surface area (Å²) >= 11 is 6.32. The highest BCUT2D eigenvalue weighted by molar-refractivity contribution is 7.52. The van der Waals surface area contributed by atoms with E-state index in [-0.39, 0.29) is 17.9 Å². The van der Waals surface area contributed by atoms with E-state index in [9.17, 15) is 9.36 Å². The van der Waals surface area contributed by atoms with Crippen LogP contribution in [0, 0.1) is 0 Å². The highest BCUT2D eigenvalue weighted by Crippen LogP contribution is 2.40. The van der Waals surface area contributed by atoms with Crippen molar-refractivity contribution in [2.24, 2.45) is 0 Å². The van der Waals surface area contributed by atoms with E-state index >= 15 is 0 Å². The summed E-state index contributed by atoms with van der Waals surface area (Å²) in [5, 5.41) is 5.36. The van der Waals surface area contributed by atoms with E-state index in [0.29, 0.717) is 24.3 Å². The minimum atomic E-state index is -4.47. The van der Waals surface area contributed by atoms with Crippen LogP contribution in [0.15, 0.2) is 30.5 Å². The highest BCUT2D eigenvalue weighted by Gasteiger charge is 2.32. The van der Waals surface area contributed by atoms with Crippen LogP contribution in [0.4, 0.5) is 5.82 Å². The van der Waals surface area contributed by atoms with Crippen LogP contribution in [0.1, 0.15) is 42.7 Å². The van der Waals surface area contributed by atoms with Crippen molar-refractivity contribution in [1.82, 2.24) is 19.7 Å². The lowest BCUT2D eigenvalue weighted by Gasteiger charge is -2.27. The van der Waals surface area contributed by atoms with E-state index in [2.05, 4.69) is 38.2 Å². The number of rotatable bonds is 7. The summed E-state index contributed by atoms with van der Waals surface area (Å²) < 4.78 is 23.6. The van der Waals surface area contributed by atoms with Gasteiger partial charge in [0, 0.05) is 7.05 Å². The molecule has 11 nitrogen and oxygen atoms in total. The van der Waals surface area contributed by atoms with Gasteiger partial charge in [0.15, 0.2) is 11.9 Å². The van der Waals surface area contributed by atoms with Gasteiger partial charge in [0.2, 0.25) is 5.28 Å². The zero-order valence-electron chi connectivity index (χ0n) is 19.0. The number of aryl methyl sites for hydroxylation is 1. The molecule has 5 rings (SSSR count). The van der Waals surface area contributed by atoms with Gasteiger partial charge >= 0.3 is 13.6 Å². The second-order valence-corrected chi connectivity index (χ2v) is 10.8. The lowest BCUT2D eigenvalue weighted by molar-refractivity contribution is -0.145. The number of esters is 1. The number of benzene rings is 1. The normalized spacial score (nSPS) is 21.9. The maximum absolute atomic E-state index is 11.6. The van der Waals surface area contributed by atoms with E-state index in [1.807, 2.05) is 13.1 Å². The third-order valence-electron chi connectivity index (χ3n) is 6.43. The fourth-order valence-corrected chi connectivity index (χ4v) is 5.43. The van der Waals surface area contributed by atoms with Crippen molar-refractivity contribution in [3.63, 3.8) is 0 Å². The van der Waals surface area contributed by atoms with Crippen LogP contribution < -0.4 is 4.90 Å². The van der Waals surface area contributed by atoms with E-state index in [4.69, 9.17) is 30.9 Å². The van der Waals surface area contributed by atoms with E-state index < -0.39 is 32.1 Å². The lowest BCUT2D eigenvalue weighted by Crippen LogP contribution is -2.24. The van der Waals surface area contributed by atoms with E-state index in [0.717, 1.165) is 18.2 Å². The Hall–Kier alpha value is -2.56. The number of aromatic nitrogens is 4. The smallest absolute Gasteiger partial charge is 0.336 e. The Morgan fingerprint density at radius 3 is 2.89 bits per heavy atom. The van der Waals surface area contributed by atoms with Gasteiger partial charge in [0.25, 0.3) is 0 Å². The molecule has 0 saturated carbocycles. The van der Waals surface area contributed by atoms with Crippen molar-refractivity contribution in [3.05, 3.63) is 46.9 Å². The number of nitrogens with zero attached hydrogens (tertiary/aromatic N) is 5. The van der Waals surface area contributed by atoms with Crippen molar-refractivity contribution in [2.75, 3.05) is 24.7 Å². The predicted molar refractivity (Wildman–Crippen MR) is 127 cm³/mol. The van der Waals surface area contributed by atoms with Crippen LogP contribution in [-0.4, -0.2) is 61.4 Å². The Morgan fingerprint density at radius 1 is 1.29 bits per heavy atom. The molecule has 1 aromatic carbocycles. The minimum absolute atomic E-state index is 0.0979. The van der Waals surface area contributed by atoms with Gasteiger partial charge in [-0.15, -0.1) is 0 Å². The van der Waals surface area contributed by atoms with Gasteiger partial charge in [0.05, 0.1) is 23.7 Å². The number of carbonyl (C=O) groups is 1. The molecule has 2 aliphatic rings. The first-order chi connectivity index (χ1) is 16.7. The molecule has 3 aromatic rings. The summed E-state index contributed by atoms with van der Waals surface area (Å²) in [5.41, 5.74) is 3.16. The number of ether oxygens (including phenoxy) is 2.